The number of nitrogens with zero attached hydrogens (tertiary/aromatic N) is 2. The maximum absolute atomic E-state index is 12.8. The molecule has 180 valence electrons. The molecule has 0 spiro atoms. The summed E-state index contributed by atoms with van der Waals surface area (Å²) in [4.78, 5) is 41.3. The fraction of sp³-hybridized carbons (Fsp3) is 0.375. The summed E-state index contributed by atoms with van der Waals surface area (Å²) in [7, 11) is 0. The standard InChI is InChI=1S/C24H25Cl2N3O5/c1-15(34-20-7-5-16(25)11-18(20)26)24(32)27-17-6-8-21-19(12-17)29(23(31)14-33-21)13-22(30)28-9-3-2-4-10-28/h5-8,11-12,15H,2-4,9-10,13-14H2,1H3,(H,27,32). The average molecular weight is 506 g/mol. The van der Waals surface area contributed by atoms with Crippen LogP contribution in [0.1, 0.15) is 26.2 Å². The zero-order valence-electron chi connectivity index (χ0n) is 18.7. The predicted octanol–water partition coefficient (Wildman–Crippen LogP) is 4.14. The van der Waals surface area contributed by atoms with Crippen molar-refractivity contribution >= 4 is 52.3 Å². The molecular formula is C24H25Cl2N3O5. The van der Waals surface area contributed by atoms with E-state index < -0.39 is 12.0 Å². The molecule has 1 N–H and O–H groups in total. The molecule has 1 atom stereocenters. The number of benzene rings is 2. The first-order valence-electron chi connectivity index (χ1n) is 11.1. The van der Waals surface area contributed by atoms with Crippen LogP contribution in [0, 0.1) is 0 Å². The number of halogens is 2. The summed E-state index contributed by atoms with van der Waals surface area (Å²) in [6.45, 7) is 2.79. The molecule has 4 rings (SSSR count). The molecule has 1 fully saturated rings. The van der Waals surface area contributed by atoms with E-state index in [0.29, 0.717) is 46.0 Å². The molecule has 0 radical (unpaired) electrons. The molecule has 0 aliphatic carbocycles. The van der Waals surface area contributed by atoms with Gasteiger partial charge in [0, 0.05) is 23.8 Å². The Balaban J connectivity index is 1.46. The Morgan fingerprint density at radius 3 is 2.62 bits per heavy atom. The SMILES string of the molecule is CC(Oc1ccc(Cl)cc1Cl)C(=O)Nc1ccc2c(c1)N(CC(=O)N1CCCCC1)C(=O)CO2. The maximum atomic E-state index is 12.8. The van der Waals surface area contributed by atoms with Gasteiger partial charge >= 0.3 is 0 Å². The number of hydrogen-bond donors (Lipinski definition) is 1. The number of amides is 3. The quantitative estimate of drug-likeness (QED) is 0.637. The number of fused-ring (bicyclic) bond motifs is 1. The third-order valence-corrected chi connectivity index (χ3v) is 6.27. The lowest BCUT2D eigenvalue weighted by Crippen LogP contribution is -2.47. The van der Waals surface area contributed by atoms with Gasteiger partial charge in [-0.3, -0.25) is 19.3 Å². The molecule has 2 aliphatic heterocycles. The lowest BCUT2D eigenvalue weighted by atomic mass is 10.1. The van der Waals surface area contributed by atoms with Crippen LogP contribution in [0.5, 0.6) is 11.5 Å². The molecule has 0 aromatic heterocycles. The van der Waals surface area contributed by atoms with Gasteiger partial charge in [0.05, 0.1) is 10.7 Å². The second-order valence-corrected chi connectivity index (χ2v) is 9.06. The van der Waals surface area contributed by atoms with Crippen LogP contribution in [0.3, 0.4) is 0 Å². The lowest BCUT2D eigenvalue weighted by Gasteiger charge is -2.33. The van der Waals surface area contributed by atoms with E-state index in [-0.39, 0.29) is 25.0 Å². The van der Waals surface area contributed by atoms with Gasteiger partial charge in [0.25, 0.3) is 11.8 Å². The third kappa shape index (κ3) is 5.56. The van der Waals surface area contributed by atoms with Crippen LogP contribution in [0.4, 0.5) is 11.4 Å². The van der Waals surface area contributed by atoms with Crippen molar-refractivity contribution in [1.82, 2.24) is 4.90 Å². The summed E-state index contributed by atoms with van der Waals surface area (Å²) in [6, 6.07) is 9.69. The number of piperidine rings is 1. The van der Waals surface area contributed by atoms with E-state index in [1.54, 1.807) is 42.2 Å². The highest BCUT2D eigenvalue weighted by Gasteiger charge is 2.30. The molecule has 1 saturated heterocycles. The average Bonchev–Trinajstić information content (AvgIpc) is 2.83. The van der Waals surface area contributed by atoms with Gasteiger partial charge in [0.15, 0.2) is 12.7 Å². The van der Waals surface area contributed by atoms with Gasteiger partial charge in [-0.2, -0.15) is 0 Å². The Bertz CT molecular complexity index is 1100. The zero-order chi connectivity index (χ0) is 24.2. The Kier molecular flexibility index (Phi) is 7.48. The summed E-state index contributed by atoms with van der Waals surface area (Å²) >= 11 is 12.0. The topological polar surface area (TPSA) is 88.2 Å². The van der Waals surface area contributed by atoms with Crippen molar-refractivity contribution in [2.45, 2.75) is 32.3 Å². The van der Waals surface area contributed by atoms with Crippen LogP contribution >= 0.6 is 23.2 Å². The predicted molar refractivity (Wildman–Crippen MR) is 130 cm³/mol. The van der Waals surface area contributed by atoms with Gasteiger partial charge in [-0.25, -0.2) is 0 Å². The third-order valence-electron chi connectivity index (χ3n) is 5.74. The molecule has 10 heteroatoms. The van der Waals surface area contributed by atoms with E-state index in [1.165, 1.54) is 11.0 Å². The van der Waals surface area contributed by atoms with E-state index >= 15 is 0 Å². The van der Waals surface area contributed by atoms with Gasteiger partial charge in [-0.15, -0.1) is 0 Å². The minimum atomic E-state index is -0.857. The van der Waals surface area contributed by atoms with Crippen molar-refractivity contribution in [3.63, 3.8) is 0 Å². The van der Waals surface area contributed by atoms with Gasteiger partial charge in [0.2, 0.25) is 5.91 Å². The number of nitrogens with one attached hydrogen (secondary N) is 1. The minimum absolute atomic E-state index is 0.0683. The number of anilines is 2. The minimum Gasteiger partial charge on any atom is -0.482 e. The largest absolute Gasteiger partial charge is 0.482 e. The summed E-state index contributed by atoms with van der Waals surface area (Å²) < 4.78 is 11.2. The number of carbonyl (C=O) groups excluding carboxylic acids is 3. The second-order valence-electron chi connectivity index (χ2n) is 8.22. The van der Waals surface area contributed by atoms with Crippen molar-refractivity contribution in [3.8, 4) is 11.5 Å². The number of carbonyl (C=O) groups is 3. The molecule has 0 saturated carbocycles. The van der Waals surface area contributed by atoms with E-state index in [9.17, 15) is 14.4 Å². The van der Waals surface area contributed by atoms with Crippen LogP contribution in [0.15, 0.2) is 36.4 Å². The summed E-state index contributed by atoms with van der Waals surface area (Å²) in [6.07, 6.45) is 2.19. The Labute approximate surface area is 207 Å². The first kappa shape index (κ1) is 24.2. The van der Waals surface area contributed by atoms with Gasteiger partial charge < -0.3 is 19.7 Å². The molecule has 2 aromatic carbocycles. The van der Waals surface area contributed by atoms with Gasteiger partial charge in [-0.05, 0) is 62.6 Å². The zero-order valence-corrected chi connectivity index (χ0v) is 20.2. The number of ether oxygens (including phenoxy) is 2. The maximum Gasteiger partial charge on any atom is 0.265 e. The monoisotopic (exact) mass is 505 g/mol. The second kappa shape index (κ2) is 10.5. The summed E-state index contributed by atoms with van der Waals surface area (Å²) in [5, 5.41) is 3.53. The lowest BCUT2D eigenvalue weighted by molar-refractivity contribution is -0.132. The molecule has 2 aromatic rings. The smallest absolute Gasteiger partial charge is 0.265 e. The van der Waals surface area contributed by atoms with E-state index in [4.69, 9.17) is 32.7 Å². The van der Waals surface area contributed by atoms with Crippen molar-refractivity contribution < 1.29 is 23.9 Å². The van der Waals surface area contributed by atoms with Crippen LogP contribution < -0.4 is 19.7 Å². The van der Waals surface area contributed by atoms with E-state index in [0.717, 1.165) is 19.3 Å². The fourth-order valence-corrected chi connectivity index (χ4v) is 4.34. The van der Waals surface area contributed by atoms with Crippen LogP contribution in [0.2, 0.25) is 10.0 Å². The molecular weight excluding hydrogens is 481 g/mol. The van der Waals surface area contributed by atoms with Crippen LogP contribution in [0.25, 0.3) is 0 Å². The van der Waals surface area contributed by atoms with Gasteiger partial charge in [-0.1, -0.05) is 23.2 Å². The van der Waals surface area contributed by atoms with E-state index in [2.05, 4.69) is 5.32 Å². The van der Waals surface area contributed by atoms with Crippen molar-refractivity contribution in [2.75, 3.05) is 36.5 Å². The number of rotatable bonds is 6. The molecule has 1 unspecified atom stereocenters. The Morgan fingerprint density at radius 1 is 1.12 bits per heavy atom. The molecule has 2 heterocycles. The van der Waals surface area contributed by atoms with Gasteiger partial charge in [0.1, 0.15) is 18.0 Å². The van der Waals surface area contributed by atoms with Crippen molar-refractivity contribution in [2.24, 2.45) is 0 Å². The normalized spacial score (nSPS) is 16.4. The highest BCUT2D eigenvalue weighted by Crippen LogP contribution is 2.35. The van der Waals surface area contributed by atoms with Crippen molar-refractivity contribution in [1.29, 1.82) is 0 Å². The molecule has 8 nitrogen and oxygen atoms in total. The first-order chi connectivity index (χ1) is 16.3. The molecule has 0 bridgehead atoms. The molecule has 34 heavy (non-hydrogen) atoms. The van der Waals surface area contributed by atoms with Crippen LogP contribution in [-0.4, -0.2) is 55.0 Å². The number of hydrogen-bond acceptors (Lipinski definition) is 5. The highest BCUT2D eigenvalue weighted by atomic mass is 35.5. The molecule has 2 aliphatic rings. The first-order valence-corrected chi connectivity index (χ1v) is 11.8. The summed E-state index contributed by atoms with van der Waals surface area (Å²) in [5.41, 5.74) is 0.879. The summed E-state index contributed by atoms with van der Waals surface area (Å²) in [5.74, 6) is -0.0144. The highest BCUT2D eigenvalue weighted by molar-refractivity contribution is 6.35. The number of likely N-dealkylation sites (tertiary alicyclic amines) is 1. The van der Waals surface area contributed by atoms with Crippen molar-refractivity contribution in [3.05, 3.63) is 46.4 Å². The van der Waals surface area contributed by atoms with Crippen LogP contribution in [-0.2, 0) is 14.4 Å². The van der Waals surface area contributed by atoms with E-state index in [1.807, 2.05) is 0 Å². The Morgan fingerprint density at radius 2 is 1.88 bits per heavy atom. The Hall–Kier alpha value is -2.97. The molecule has 3 amide bonds. The fourth-order valence-electron chi connectivity index (χ4n) is 3.89.